The number of hydrogen-bond acceptors (Lipinski definition) is 5. The van der Waals surface area contributed by atoms with Crippen LogP contribution in [0.5, 0.6) is 5.75 Å². The van der Waals surface area contributed by atoms with Gasteiger partial charge < -0.3 is 9.84 Å². The number of nitrogens with one attached hydrogen (secondary N) is 1. The van der Waals surface area contributed by atoms with E-state index in [0.717, 1.165) is 11.3 Å². The number of hydrogen-bond donors (Lipinski definition) is 2. The van der Waals surface area contributed by atoms with Gasteiger partial charge in [-0.2, -0.15) is 0 Å². The van der Waals surface area contributed by atoms with Crippen molar-refractivity contribution in [3.05, 3.63) is 59.8 Å². The van der Waals surface area contributed by atoms with Crippen molar-refractivity contribution < 1.29 is 23.1 Å². The van der Waals surface area contributed by atoms with E-state index in [0.29, 0.717) is 10.9 Å². The van der Waals surface area contributed by atoms with E-state index >= 15 is 0 Å². The first kappa shape index (κ1) is 20.6. The van der Waals surface area contributed by atoms with Crippen LogP contribution in [0.3, 0.4) is 0 Å². The number of rotatable bonds is 7. The summed E-state index contributed by atoms with van der Waals surface area (Å²) in [7, 11) is -3.86. The van der Waals surface area contributed by atoms with E-state index in [1.807, 2.05) is 6.92 Å². The summed E-state index contributed by atoms with van der Waals surface area (Å²) in [6.45, 7) is 5.38. The monoisotopic (exact) mass is 414 g/mol. The Kier molecular flexibility index (Phi) is 5.74. The maximum Gasteiger partial charge on any atom is 0.344 e. The Morgan fingerprint density at radius 2 is 1.83 bits per heavy atom. The second-order valence-corrected chi connectivity index (χ2v) is 8.45. The summed E-state index contributed by atoms with van der Waals surface area (Å²) >= 11 is 0. The number of carboxylic acids is 1. The van der Waals surface area contributed by atoms with E-state index in [1.165, 1.54) is 18.2 Å². The molecule has 8 heteroatoms. The minimum Gasteiger partial charge on any atom is -0.479 e. The van der Waals surface area contributed by atoms with Crippen molar-refractivity contribution in [3.8, 4) is 5.75 Å². The third-order valence-corrected chi connectivity index (χ3v) is 5.79. The number of carbonyl (C=O) groups is 1. The number of aromatic nitrogens is 1. The summed E-state index contributed by atoms with van der Waals surface area (Å²) in [6, 6.07) is 13.2. The van der Waals surface area contributed by atoms with Gasteiger partial charge in [0.15, 0.2) is 6.10 Å². The predicted octanol–water partition coefficient (Wildman–Crippen LogP) is 3.89. The molecular weight excluding hydrogens is 392 g/mol. The Balaban J connectivity index is 2.08. The highest BCUT2D eigenvalue weighted by Gasteiger charge is 2.20. The zero-order chi connectivity index (χ0) is 21.2. The molecule has 3 rings (SSSR count). The zero-order valence-electron chi connectivity index (χ0n) is 16.3. The van der Waals surface area contributed by atoms with Crippen molar-refractivity contribution in [2.45, 2.75) is 38.2 Å². The number of sulfonamides is 1. The molecule has 2 aromatic carbocycles. The number of carboxylic acid groups (broad SMARTS) is 1. The molecule has 0 bridgehead atoms. The molecule has 0 radical (unpaired) electrons. The third kappa shape index (κ3) is 4.65. The summed E-state index contributed by atoms with van der Waals surface area (Å²) in [5.74, 6) is -0.838. The second kappa shape index (κ2) is 8.08. The Morgan fingerprint density at radius 3 is 2.45 bits per heavy atom. The van der Waals surface area contributed by atoms with Crippen LogP contribution in [-0.2, 0) is 14.8 Å². The molecule has 2 N–H and O–H groups in total. The van der Waals surface area contributed by atoms with Crippen LogP contribution in [0, 0.1) is 13.8 Å². The second-order valence-electron chi connectivity index (χ2n) is 6.77. The smallest absolute Gasteiger partial charge is 0.344 e. The first-order valence-electron chi connectivity index (χ1n) is 9.10. The van der Waals surface area contributed by atoms with Crippen molar-refractivity contribution in [3.63, 3.8) is 0 Å². The minimum atomic E-state index is -3.86. The number of anilines is 1. The molecule has 0 aliphatic carbocycles. The molecular formula is C21H22N2O5S. The van der Waals surface area contributed by atoms with E-state index in [1.54, 1.807) is 44.2 Å². The molecule has 0 aliphatic heterocycles. The van der Waals surface area contributed by atoms with E-state index in [2.05, 4.69) is 9.71 Å². The summed E-state index contributed by atoms with van der Waals surface area (Å²) in [4.78, 5) is 15.9. The van der Waals surface area contributed by atoms with Gasteiger partial charge in [-0.25, -0.2) is 13.2 Å². The quantitative estimate of drug-likeness (QED) is 0.607. The van der Waals surface area contributed by atoms with Gasteiger partial charge in [0, 0.05) is 17.1 Å². The van der Waals surface area contributed by atoms with E-state index < -0.39 is 22.1 Å². The van der Waals surface area contributed by atoms with E-state index in [4.69, 9.17) is 4.74 Å². The van der Waals surface area contributed by atoms with Gasteiger partial charge in [-0.1, -0.05) is 30.7 Å². The average Bonchev–Trinajstić information content (AvgIpc) is 2.66. The first-order chi connectivity index (χ1) is 13.7. The molecule has 1 unspecified atom stereocenters. The standard InChI is InChI=1S/C21H22N2O5S/c1-4-19(21(24)25)28-16-11-15-8-7-14(3)22-20(15)18(12-16)23-29(26,27)17-9-5-13(2)6-10-17/h5-12,19,23H,4H2,1-3H3,(H,24,25). The Bertz CT molecular complexity index is 1160. The molecule has 1 heterocycles. The lowest BCUT2D eigenvalue weighted by Gasteiger charge is -2.16. The van der Waals surface area contributed by atoms with Crippen LogP contribution in [0.15, 0.2) is 53.4 Å². The fourth-order valence-corrected chi connectivity index (χ4v) is 3.90. The minimum absolute atomic E-state index is 0.118. The van der Waals surface area contributed by atoms with Crippen molar-refractivity contribution >= 4 is 32.6 Å². The predicted molar refractivity (Wildman–Crippen MR) is 111 cm³/mol. The van der Waals surface area contributed by atoms with E-state index in [-0.39, 0.29) is 22.8 Å². The van der Waals surface area contributed by atoms with Crippen molar-refractivity contribution in [1.82, 2.24) is 4.98 Å². The van der Waals surface area contributed by atoms with Gasteiger partial charge in [0.2, 0.25) is 0 Å². The fourth-order valence-electron chi connectivity index (χ4n) is 2.84. The summed E-state index contributed by atoms with van der Waals surface area (Å²) in [6.07, 6.45) is -0.767. The van der Waals surface area contributed by atoms with Gasteiger partial charge in [-0.3, -0.25) is 9.71 Å². The summed E-state index contributed by atoms with van der Waals surface area (Å²) < 4.78 is 33.9. The van der Waals surface area contributed by atoms with Crippen LogP contribution in [0.1, 0.15) is 24.6 Å². The molecule has 0 saturated heterocycles. The molecule has 29 heavy (non-hydrogen) atoms. The third-order valence-electron chi connectivity index (χ3n) is 4.41. The topological polar surface area (TPSA) is 106 Å². The fraction of sp³-hybridized carbons (Fsp3) is 0.238. The van der Waals surface area contributed by atoms with Gasteiger partial charge in [0.05, 0.1) is 16.1 Å². The molecule has 0 fully saturated rings. The van der Waals surface area contributed by atoms with Crippen LogP contribution in [-0.4, -0.2) is 30.6 Å². The van der Waals surface area contributed by atoms with Crippen LogP contribution in [0.25, 0.3) is 10.9 Å². The number of aryl methyl sites for hydroxylation is 2. The number of fused-ring (bicyclic) bond motifs is 1. The van der Waals surface area contributed by atoms with Gasteiger partial charge >= 0.3 is 5.97 Å². The lowest BCUT2D eigenvalue weighted by atomic mass is 10.1. The molecule has 3 aromatic rings. The molecule has 0 amide bonds. The number of benzene rings is 2. The number of pyridine rings is 1. The van der Waals surface area contributed by atoms with Gasteiger partial charge in [0.1, 0.15) is 5.75 Å². The van der Waals surface area contributed by atoms with Crippen molar-refractivity contribution in [2.75, 3.05) is 4.72 Å². The van der Waals surface area contributed by atoms with Crippen LogP contribution in [0.4, 0.5) is 5.69 Å². The largest absolute Gasteiger partial charge is 0.479 e. The number of ether oxygens (including phenoxy) is 1. The lowest BCUT2D eigenvalue weighted by Crippen LogP contribution is -2.26. The van der Waals surface area contributed by atoms with Gasteiger partial charge in [-0.15, -0.1) is 0 Å². The Morgan fingerprint density at radius 1 is 1.14 bits per heavy atom. The Labute approximate surface area is 169 Å². The number of aliphatic carboxylic acids is 1. The highest BCUT2D eigenvalue weighted by molar-refractivity contribution is 7.92. The van der Waals surface area contributed by atoms with Crippen LogP contribution >= 0.6 is 0 Å². The highest BCUT2D eigenvalue weighted by Crippen LogP contribution is 2.31. The van der Waals surface area contributed by atoms with Gasteiger partial charge in [0.25, 0.3) is 10.0 Å². The van der Waals surface area contributed by atoms with Crippen molar-refractivity contribution in [2.24, 2.45) is 0 Å². The summed E-state index contributed by atoms with van der Waals surface area (Å²) in [5.41, 5.74) is 2.35. The Hall–Kier alpha value is -3.13. The molecule has 0 spiro atoms. The highest BCUT2D eigenvalue weighted by atomic mass is 32.2. The van der Waals surface area contributed by atoms with Crippen LogP contribution < -0.4 is 9.46 Å². The molecule has 0 saturated carbocycles. The SMILES string of the molecule is CCC(Oc1cc(NS(=O)(=O)c2ccc(C)cc2)c2nc(C)ccc2c1)C(=O)O. The van der Waals surface area contributed by atoms with E-state index in [9.17, 15) is 18.3 Å². The first-order valence-corrected chi connectivity index (χ1v) is 10.6. The normalized spacial score (nSPS) is 12.5. The molecule has 7 nitrogen and oxygen atoms in total. The maximum atomic E-state index is 12.9. The van der Waals surface area contributed by atoms with Crippen LogP contribution in [0.2, 0.25) is 0 Å². The van der Waals surface area contributed by atoms with Gasteiger partial charge in [-0.05, 0) is 44.5 Å². The lowest BCUT2D eigenvalue weighted by molar-refractivity contribution is -0.145. The average molecular weight is 414 g/mol. The zero-order valence-corrected chi connectivity index (χ0v) is 17.2. The van der Waals surface area contributed by atoms with Crippen molar-refractivity contribution in [1.29, 1.82) is 0 Å². The molecule has 1 aromatic heterocycles. The molecule has 0 aliphatic rings. The molecule has 152 valence electrons. The summed E-state index contributed by atoms with van der Waals surface area (Å²) in [5, 5.41) is 9.90. The molecule has 1 atom stereocenters. The maximum absolute atomic E-state index is 12.9. The number of nitrogens with zero attached hydrogens (tertiary/aromatic N) is 1.